The van der Waals surface area contributed by atoms with Gasteiger partial charge in [-0.05, 0) is 6.07 Å². The van der Waals surface area contributed by atoms with E-state index >= 15 is 0 Å². The molecule has 0 spiro atoms. The first-order valence-corrected chi connectivity index (χ1v) is 3.64. The SMILES string of the molecule is Nn1ccc2sc(O)cc21. The summed E-state index contributed by atoms with van der Waals surface area (Å²) in [5.74, 6) is 5.50. The zero-order valence-electron chi connectivity index (χ0n) is 5.11. The number of hydrogen-bond donors (Lipinski definition) is 2. The average Bonchev–Trinajstić information content (AvgIpc) is 2.35. The van der Waals surface area contributed by atoms with Gasteiger partial charge in [0.2, 0.25) is 0 Å². The maximum Gasteiger partial charge on any atom is 0.173 e. The van der Waals surface area contributed by atoms with E-state index in [1.54, 1.807) is 12.3 Å². The molecule has 10 heavy (non-hydrogen) atoms. The number of fused-ring (bicyclic) bond motifs is 1. The molecule has 2 rings (SSSR count). The Bertz CT molecular complexity index is 363. The first-order chi connectivity index (χ1) is 4.77. The highest BCUT2D eigenvalue weighted by Crippen LogP contribution is 2.29. The van der Waals surface area contributed by atoms with Gasteiger partial charge in [0.25, 0.3) is 0 Å². The lowest BCUT2D eigenvalue weighted by atomic mass is 10.5. The van der Waals surface area contributed by atoms with Gasteiger partial charge in [-0.15, -0.1) is 0 Å². The Kier molecular flexibility index (Phi) is 0.935. The molecule has 0 atom stereocenters. The van der Waals surface area contributed by atoms with Crippen molar-refractivity contribution in [1.29, 1.82) is 0 Å². The van der Waals surface area contributed by atoms with Gasteiger partial charge < -0.3 is 10.9 Å². The number of nitrogen functional groups attached to an aromatic ring is 1. The molecule has 52 valence electrons. The molecule has 0 aliphatic carbocycles. The van der Waals surface area contributed by atoms with Crippen LogP contribution in [0.15, 0.2) is 18.3 Å². The van der Waals surface area contributed by atoms with Crippen LogP contribution in [0.2, 0.25) is 0 Å². The average molecular weight is 154 g/mol. The van der Waals surface area contributed by atoms with Gasteiger partial charge in [-0.2, -0.15) is 0 Å². The van der Waals surface area contributed by atoms with E-state index in [0.717, 1.165) is 10.2 Å². The largest absolute Gasteiger partial charge is 0.499 e. The number of aromatic hydroxyl groups is 1. The summed E-state index contributed by atoms with van der Waals surface area (Å²) in [5, 5.41) is 9.33. The normalized spacial score (nSPS) is 10.8. The number of rotatable bonds is 0. The summed E-state index contributed by atoms with van der Waals surface area (Å²) >= 11 is 1.33. The second-order valence-electron chi connectivity index (χ2n) is 2.06. The summed E-state index contributed by atoms with van der Waals surface area (Å²) in [4.78, 5) is 0. The van der Waals surface area contributed by atoms with Gasteiger partial charge in [0.15, 0.2) is 5.06 Å². The molecule has 3 nitrogen and oxygen atoms in total. The van der Waals surface area contributed by atoms with Crippen LogP contribution in [0.5, 0.6) is 5.06 Å². The highest BCUT2D eigenvalue weighted by molar-refractivity contribution is 7.20. The standard InChI is InChI=1S/C6H6N2OS/c7-8-2-1-5-4(8)3-6(9)10-5/h1-3,9H,7H2. The zero-order valence-corrected chi connectivity index (χ0v) is 5.93. The Hall–Kier alpha value is -1.16. The molecule has 2 heterocycles. The van der Waals surface area contributed by atoms with Gasteiger partial charge in [-0.25, -0.2) is 0 Å². The van der Waals surface area contributed by atoms with Gasteiger partial charge in [-0.1, -0.05) is 11.3 Å². The summed E-state index contributed by atoms with van der Waals surface area (Å²) in [6.45, 7) is 0. The Morgan fingerprint density at radius 1 is 1.60 bits per heavy atom. The van der Waals surface area contributed by atoms with E-state index < -0.39 is 0 Å². The molecule has 4 heteroatoms. The summed E-state index contributed by atoms with van der Waals surface area (Å²) in [5.41, 5.74) is 0.877. The van der Waals surface area contributed by atoms with Crippen molar-refractivity contribution in [2.75, 3.05) is 5.84 Å². The van der Waals surface area contributed by atoms with Crippen LogP contribution in [0, 0.1) is 0 Å². The summed E-state index contributed by atoms with van der Waals surface area (Å²) in [6.07, 6.45) is 1.76. The topological polar surface area (TPSA) is 51.2 Å². The molecule has 0 amide bonds. The smallest absolute Gasteiger partial charge is 0.173 e. The summed E-state index contributed by atoms with van der Waals surface area (Å²) in [6, 6.07) is 3.53. The van der Waals surface area contributed by atoms with Crippen molar-refractivity contribution in [3.05, 3.63) is 18.3 Å². The van der Waals surface area contributed by atoms with E-state index in [9.17, 15) is 0 Å². The number of nitrogens with zero attached hydrogens (tertiary/aromatic N) is 1. The lowest BCUT2D eigenvalue weighted by Gasteiger charge is -1.87. The molecular weight excluding hydrogens is 148 g/mol. The molecule has 3 N–H and O–H groups in total. The summed E-state index contributed by atoms with van der Waals surface area (Å²) in [7, 11) is 0. The number of thiophene rings is 1. The fourth-order valence-electron chi connectivity index (χ4n) is 0.932. The van der Waals surface area contributed by atoms with Gasteiger partial charge in [0.1, 0.15) is 0 Å². The van der Waals surface area contributed by atoms with E-state index in [2.05, 4.69) is 0 Å². The van der Waals surface area contributed by atoms with Crippen molar-refractivity contribution in [1.82, 2.24) is 4.68 Å². The first-order valence-electron chi connectivity index (χ1n) is 2.82. The molecular formula is C6H6N2OS. The van der Waals surface area contributed by atoms with Gasteiger partial charge in [0, 0.05) is 12.3 Å². The second kappa shape index (κ2) is 1.67. The van der Waals surface area contributed by atoms with Crippen LogP contribution >= 0.6 is 11.3 Å². The molecule has 0 aliphatic rings. The molecule has 0 saturated heterocycles. The highest BCUT2D eigenvalue weighted by atomic mass is 32.1. The molecule has 0 aliphatic heterocycles. The monoisotopic (exact) mass is 154 g/mol. The zero-order chi connectivity index (χ0) is 7.14. The predicted octanol–water partition coefficient (Wildman–Crippen LogP) is 1.12. The van der Waals surface area contributed by atoms with Crippen LogP contribution in [0.25, 0.3) is 10.2 Å². The fourth-order valence-corrected chi connectivity index (χ4v) is 1.73. The van der Waals surface area contributed by atoms with Crippen molar-refractivity contribution in [2.24, 2.45) is 0 Å². The van der Waals surface area contributed by atoms with Crippen LogP contribution in [0.3, 0.4) is 0 Å². The maximum atomic E-state index is 9.02. The molecule has 2 aromatic heterocycles. The summed E-state index contributed by atoms with van der Waals surface area (Å²) < 4.78 is 2.51. The molecule has 2 aromatic rings. The van der Waals surface area contributed by atoms with Crippen LogP contribution in [0.1, 0.15) is 0 Å². The highest BCUT2D eigenvalue weighted by Gasteiger charge is 2.02. The van der Waals surface area contributed by atoms with Crippen LogP contribution < -0.4 is 5.84 Å². The lowest BCUT2D eigenvalue weighted by Crippen LogP contribution is -2.03. The number of nitrogens with two attached hydrogens (primary N) is 1. The Labute approximate surface area is 61.3 Å². The molecule has 0 bridgehead atoms. The predicted molar refractivity (Wildman–Crippen MR) is 41.6 cm³/mol. The quantitative estimate of drug-likeness (QED) is 0.559. The molecule has 0 aromatic carbocycles. The third kappa shape index (κ3) is 0.593. The van der Waals surface area contributed by atoms with E-state index in [-0.39, 0.29) is 0 Å². The number of aromatic nitrogens is 1. The molecule has 0 fully saturated rings. The van der Waals surface area contributed by atoms with Gasteiger partial charge >= 0.3 is 0 Å². The maximum absolute atomic E-state index is 9.02. The minimum Gasteiger partial charge on any atom is -0.499 e. The van der Waals surface area contributed by atoms with Crippen molar-refractivity contribution < 1.29 is 5.11 Å². The minimum absolute atomic E-state index is 0.310. The molecule has 0 unspecified atom stereocenters. The van der Waals surface area contributed by atoms with Crippen molar-refractivity contribution in [3.63, 3.8) is 0 Å². The van der Waals surface area contributed by atoms with Gasteiger partial charge in [-0.3, -0.25) is 4.68 Å². The van der Waals surface area contributed by atoms with E-state index in [1.165, 1.54) is 16.0 Å². The van der Waals surface area contributed by atoms with Crippen molar-refractivity contribution >= 4 is 21.6 Å². The van der Waals surface area contributed by atoms with E-state index in [0.29, 0.717) is 5.06 Å². The molecule has 0 saturated carbocycles. The third-order valence-corrected chi connectivity index (χ3v) is 2.28. The Morgan fingerprint density at radius 2 is 2.40 bits per heavy atom. The fraction of sp³-hybridized carbons (Fsp3) is 0. The van der Waals surface area contributed by atoms with E-state index in [1.807, 2.05) is 6.07 Å². The lowest BCUT2D eigenvalue weighted by molar-refractivity contribution is 0.491. The van der Waals surface area contributed by atoms with Crippen LogP contribution in [-0.4, -0.2) is 9.78 Å². The van der Waals surface area contributed by atoms with Crippen LogP contribution in [-0.2, 0) is 0 Å². The first kappa shape index (κ1) is 5.61. The molecule has 0 radical (unpaired) electrons. The number of hydrogen-bond acceptors (Lipinski definition) is 3. The van der Waals surface area contributed by atoms with Crippen LogP contribution in [0.4, 0.5) is 0 Å². The Morgan fingerprint density at radius 3 is 3.10 bits per heavy atom. The third-order valence-electron chi connectivity index (χ3n) is 1.39. The Balaban J connectivity index is 2.90. The second-order valence-corrected chi connectivity index (χ2v) is 3.12. The van der Waals surface area contributed by atoms with Gasteiger partial charge in [0.05, 0.1) is 10.2 Å². The van der Waals surface area contributed by atoms with Crippen molar-refractivity contribution in [3.8, 4) is 5.06 Å². The van der Waals surface area contributed by atoms with E-state index in [4.69, 9.17) is 10.9 Å². The minimum atomic E-state index is 0.310. The van der Waals surface area contributed by atoms with Crippen molar-refractivity contribution in [2.45, 2.75) is 0 Å².